The maximum atomic E-state index is 12.4. The minimum atomic E-state index is -3.74. The Bertz CT molecular complexity index is 605. The Labute approximate surface area is 154 Å². The van der Waals surface area contributed by atoms with Crippen molar-refractivity contribution in [3.05, 3.63) is 0 Å². The molecule has 1 unspecified atom stereocenters. The molecular formula is C16H29N3O6S. The van der Waals surface area contributed by atoms with E-state index < -0.39 is 27.7 Å². The lowest BCUT2D eigenvalue weighted by atomic mass is 9.97. The summed E-state index contributed by atoms with van der Waals surface area (Å²) >= 11 is 0. The van der Waals surface area contributed by atoms with Crippen molar-refractivity contribution < 1.29 is 27.9 Å². The zero-order valence-electron chi connectivity index (χ0n) is 15.4. The molecule has 0 saturated carbocycles. The maximum absolute atomic E-state index is 12.4. The number of sulfonamides is 1. The van der Waals surface area contributed by atoms with E-state index >= 15 is 0 Å². The van der Waals surface area contributed by atoms with Gasteiger partial charge in [-0.15, -0.1) is 0 Å². The van der Waals surface area contributed by atoms with Gasteiger partial charge in [0.05, 0.1) is 12.3 Å². The molecule has 10 heteroatoms. The second-order valence-corrected chi connectivity index (χ2v) is 8.71. The summed E-state index contributed by atoms with van der Waals surface area (Å²) < 4.78 is 26.1. The van der Waals surface area contributed by atoms with Crippen LogP contribution in [0.4, 0.5) is 0 Å². The summed E-state index contributed by atoms with van der Waals surface area (Å²) in [6.45, 7) is 3.70. The zero-order valence-corrected chi connectivity index (χ0v) is 16.2. The van der Waals surface area contributed by atoms with Crippen molar-refractivity contribution >= 4 is 27.8 Å². The predicted molar refractivity (Wildman–Crippen MR) is 95.9 cm³/mol. The normalized spacial score (nSPS) is 18.0. The lowest BCUT2D eigenvalue weighted by Crippen LogP contribution is -2.45. The second-order valence-electron chi connectivity index (χ2n) is 6.78. The van der Waals surface area contributed by atoms with E-state index in [1.165, 1.54) is 0 Å². The van der Waals surface area contributed by atoms with Crippen LogP contribution < -0.4 is 10.0 Å². The average Bonchev–Trinajstić information content (AvgIpc) is 2.56. The largest absolute Gasteiger partial charge is 0.481 e. The molecule has 0 aliphatic carbocycles. The van der Waals surface area contributed by atoms with Gasteiger partial charge in [-0.2, -0.15) is 0 Å². The molecule has 9 nitrogen and oxygen atoms in total. The Morgan fingerprint density at radius 2 is 1.88 bits per heavy atom. The van der Waals surface area contributed by atoms with Crippen LogP contribution in [0.3, 0.4) is 0 Å². The average molecular weight is 391 g/mol. The summed E-state index contributed by atoms with van der Waals surface area (Å²) in [5.41, 5.74) is 0. The SMILES string of the molecule is CC(C)NC(=O)CNS(=O)(=O)CCC(=O)N1CCCCC1CCC(=O)O. The van der Waals surface area contributed by atoms with E-state index in [0.717, 1.165) is 19.3 Å². The lowest BCUT2D eigenvalue weighted by Gasteiger charge is -2.35. The topological polar surface area (TPSA) is 133 Å². The Balaban J connectivity index is 2.49. The van der Waals surface area contributed by atoms with Crippen LogP contribution in [-0.4, -0.2) is 67.1 Å². The molecule has 3 N–H and O–H groups in total. The number of likely N-dealkylation sites (tertiary alicyclic amines) is 1. The molecule has 1 heterocycles. The summed E-state index contributed by atoms with van der Waals surface area (Å²) in [7, 11) is -3.74. The third kappa shape index (κ3) is 8.61. The quantitative estimate of drug-likeness (QED) is 0.482. The fourth-order valence-corrected chi connectivity index (χ4v) is 3.84. The lowest BCUT2D eigenvalue weighted by molar-refractivity contribution is -0.140. The van der Waals surface area contributed by atoms with Gasteiger partial charge >= 0.3 is 5.97 Å². The molecule has 2 amide bonds. The van der Waals surface area contributed by atoms with Crippen LogP contribution in [0.1, 0.15) is 52.4 Å². The number of carbonyl (C=O) groups excluding carboxylic acids is 2. The first-order valence-corrected chi connectivity index (χ1v) is 10.5. The predicted octanol–water partition coefficient (Wildman–Crippen LogP) is 0.0664. The number of amides is 2. The molecule has 0 spiro atoms. The molecule has 0 aromatic carbocycles. The summed E-state index contributed by atoms with van der Waals surface area (Å²) in [5.74, 6) is -2.03. The highest BCUT2D eigenvalue weighted by atomic mass is 32.2. The van der Waals surface area contributed by atoms with E-state index in [4.69, 9.17) is 5.11 Å². The van der Waals surface area contributed by atoms with Gasteiger partial charge in [0.2, 0.25) is 21.8 Å². The van der Waals surface area contributed by atoms with Crippen LogP contribution in [0, 0.1) is 0 Å². The van der Waals surface area contributed by atoms with Gasteiger partial charge in [0.1, 0.15) is 0 Å². The Morgan fingerprint density at radius 1 is 1.19 bits per heavy atom. The fraction of sp³-hybridized carbons (Fsp3) is 0.812. The van der Waals surface area contributed by atoms with Crippen LogP contribution in [0.15, 0.2) is 0 Å². The van der Waals surface area contributed by atoms with Crippen LogP contribution in [0.2, 0.25) is 0 Å². The van der Waals surface area contributed by atoms with E-state index in [-0.39, 0.29) is 37.4 Å². The summed E-state index contributed by atoms with van der Waals surface area (Å²) in [6, 6.07) is -0.241. The number of aliphatic carboxylic acids is 1. The highest BCUT2D eigenvalue weighted by molar-refractivity contribution is 7.89. The molecule has 0 aromatic rings. The van der Waals surface area contributed by atoms with Crippen LogP contribution in [0.5, 0.6) is 0 Å². The van der Waals surface area contributed by atoms with Gasteiger partial charge < -0.3 is 15.3 Å². The molecular weight excluding hydrogens is 362 g/mol. The standard InChI is InChI=1S/C16H29N3O6S/c1-12(2)18-14(20)11-17-26(24,25)10-8-15(21)19-9-4-3-5-13(19)6-7-16(22)23/h12-13,17H,3-11H2,1-2H3,(H,18,20)(H,22,23). The molecule has 26 heavy (non-hydrogen) atoms. The van der Waals surface area contributed by atoms with Gasteiger partial charge in [-0.25, -0.2) is 13.1 Å². The van der Waals surface area contributed by atoms with Crippen molar-refractivity contribution in [2.45, 2.75) is 64.5 Å². The molecule has 1 rings (SSSR count). The first-order valence-electron chi connectivity index (χ1n) is 8.88. The summed E-state index contributed by atoms with van der Waals surface area (Å²) in [6.07, 6.45) is 2.67. The highest BCUT2D eigenvalue weighted by Crippen LogP contribution is 2.21. The van der Waals surface area contributed by atoms with Crippen molar-refractivity contribution in [3.63, 3.8) is 0 Å². The monoisotopic (exact) mass is 391 g/mol. The van der Waals surface area contributed by atoms with E-state index in [1.54, 1.807) is 18.7 Å². The van der Waals surface area contributed by atoms with Gasteiger partial charge in [-0.05, 0) is 39.5 Å². The van der Waals surface area contributed by atoms with Gasteiger partial charge in [0, 0.05) is 31.5 Å². The summed E-state index contributed by atoms with van der Waals surface area (Å²) in [4.78, 5) is 36.2. The molecule has 150 valence electrons. The molecule has 1 aliphatic rings. The number of carboxylic acid groups (broad SMARTS) is 1. The number of carbonyl (C=O) groups is 3. The molecule has 1 saturated heterocycles. The molecule has 1 aliphatic heterocycles. The first kappa shape index (κ1) is 22.4. The van der Waals surface area contributed by atoms with Crippen molar-refractivity contribution in [2.75, 3.05) is 18.8 Å². The van der Waals surface area contributed by atoms with Gasteiger partial charge in [-0.3, -0.25) is 14.4 Å². The van der Waals surface area contributed by atoms with Crippen LogP contribution >= 0.6 is 0 Å². The molecule has 0 aromatic heterocycles. The van der Waals surface area contributed by atoms with Crippen molar-refractivity contribution in [3.8, 4) is 0 Å². The van der Waals surface area contributed by atoms with Gasteiger partial charge in [0.25, 0.3) is 0 Å². The van der Waals surface area contributed by atoms with Crippen molar-refractivity contribution in [1.82, 2.24) is 14.9 Å². The Morgan fingerprint density at radius 3 is 2.50 bits per heavy atom. The molecule has 1 atom stereocenters. The Hall–Kier alpha value is -1.68. The zero-order chi connectivity index (χ0) is 19.7. The second kappa shape index (κ2) is 10.5. The number of rotatable bonds is 10. The molecule has 0 bridgehead atoms. The van der Waals surface area contributed by atoms with Crippen LogP contribution in [0.25, 0.3) is 0 Å². The number of hydrogen-bond donors (Lipinski definition) is 3. The third-order valence-electron chi connectivity index (χ3n) is 4.13. The molecule has 1 fully saturated rings. The first-order chi connectivity index (χ1) is 12.1. The Kier molecular flexibility index (Phi) is 9.00. The minimum absolute atomic E-state index is 0.0146. The smallest absolute Gasteiger partial charge is 0.303 e. The number of nitrogens with zero attached hydrogens (tertiary/aromatic N) is 1. The van der Waals surface area contributed by atoms with E-state index in [0.29, 0.717) is 13.0 Å². The third-order valence-corrected chi connectivity index (χ3v) is 5.45. The van der Waals surface area contributed by atoms with E-state index in [9.17, 15) is 22.8 Å². The minimum Gasteiger partial charge on any atom is -0.481 e. The van der Waals surface area contributed by atoms with Gasteiger partial charge in [0.15, 0.2) is 0 Å². The molecule has 0 radical (unpaired) electrons. The van der Waals surface area contributed by atoms with E-state index in [2.05, 4.69) is 10.0 Å². The number of nitrogens with one attached hydrogen (secondary N) is 2. The number of hydrogen-bond acceptors (Lipinski definition) is 5. The highest BCUT2D eigenvalue weighted by Gasteiger charge is 2.27. The maximum Gasteiger partial charge on any atom is 0.303 e. The van der Waals surface area contributed by atoms with E-state index in [1.807, 2.05) is 0 Å². The number of piperidine rings is 1. The van der Waals surface area contributed by atoms with Crippen molar-refractivity contribution in [1.29, 1.82) is 0 Å². The number of carboxylic acids is 1. The summed E-state index contributed by atoms with van der Waals surface area (Å²) in [5, 5.41) is 11.4. The fourth-order valence-electron chi connectivity index (χ4n) is 2.91. The van der Waals surface area contributed by atoms with Crippen LogP contribution in [-0.2, 0) is 24.4 Å². The van der Waals surface area contributed by atoms with Crippen molar-refractivity contribution in [2.24, 2.45) is 0 Å². The van der Waals surface area contributed by atoms with Gasteiger partial charge in [-0.1, -0.05) is 0 Å².